The predicted octanol–water partition coefficient (Wildman–Crippen LogP) is 5.57. The maximum atomic E-state index is 14.3. The van der Waals surface area contributed by atoms with Crippen molar-refractivity contribution in [2.75, 3.05) is 5.32 Å². The summed E-state index contributed by atoms with van der Waals surface area (Å²) < 4.78 is 19.8. The number of carbonyl (C=O) groups excluding carboxylic acids is 2. The molecule has 2 aromatic carbocycles. The Morgan fingerprint density at radius 1 is 1.12 bits per heavy atom. The van der Waals surface area contributed by atoms with Gasteiger partial charge in [0.1, 0.15) is 17.0 Å². The summed E-state index contributed by atoms with van der Waals surface area (Å²) in [6.45, 7) is 1.81. The van der Waals surface area contributed by atoms with Crippen molar-refractivity contribution in [1.29, 1.82) is 0 Å². The average Bonchev–Trinajstić information content (AvgIpc) is 3.26. The van der Waals surface area contributed by atoms with Gasteiger partial charge in [-0.1, -0.05) is 23.7 Å². The zero-order valence-electron chi connectivity index (χ0n) is 16.8. The van der Waals surface area contributed by atoms with Gasteiger partial charge in [-0.15, -0.1) is 0 Å². The van der Waals surface area contributed by atoms with Crippen LogP contribution in [0.15, 0.2) is 58.5 Å². The zero-order valence-corrected chi connectivity index (χ0v) is 18.4. The van der Waals surface area contributed by atoms with Crippen LogP contribution < -0.4 is 10.6 Å². The van der Waals surface area contributed by atoms with Crippen LogP contribution in [-0.2, 0) is 15.0 Å². The first-order chi connectivity index (χ1) is 15.3. The van der Waals surface area contributed by atoms with E-state index in [2.05, 4.69) is 10.6 Å². The van der Waals surface area contributed by atoms with E-state index in [4.69, 9.17) is 27.6 Å². The second kappa shape index (κ2) is 7.50. The van der Waals surface area contributed by atoms with Crippen LogP contribution in [0.4, 0.5) is 10.1 Å². The van der Waals surface area contributed by atoms with Crippen molar-refractivity contribution in [1.82, 2.24) is 5.32 Å². The molecule has 0 saturated carbocycles. The summed E-state index contributed by atoms with van der Waals surface area (Å²) >= 11 is 12.1. The summed E-state index contributed by atoms with van der Waals surface area (Å²) in [6, 6.07) is 11.8. The predicted molar refractivity (Wildman–Crippen MR) is 120 cm³/mol. The minimum absolute atomic E-state index is 0.0430. The molecule has 0 bridgehead atoms. The van der Waals surface area contributed by atoms with Crippen LogP contribution >= 0.6 is 23.2 Å². The third-order valence-corrected chi connectivity index (χ3v) is 6.51. The molecule has 32 heavy (non-hydrogen) atoms. The van der Waals surface area contributed by atoms with Gasteiger partial charge in [0, 0.05) is 17.1 Å². The molecule has 162 valence electrons. The van der Waals surface area contributed by atoms with Crippen LogP contribution in [0.2, 0.25) is 10.2 Å². The van der Waals surface area contributed by atoms with E-state index in [0.29, 0.717) is 33.2 Å². The molecule has 5 nitrogen and oxygen atoms in total. The van der Waals surface area contributed by atoms with Gasteiger partial charge in [0.15, 0.2) is 5.22 Å². The maximum absolute atomic E-state index is 14.3. The second-order valence-electron chi connectivity index (χ2n) is 7.94. The molecule has 0 radical (unpaired) electrons. The number of rotatable bonds is 2. The van der Waals surface area contributed by atoms with Crippen molar-refractivity contribution >= 4 is 46.8 Å². The molecule has 0 unspecified atom stereocenters. The molecule has 2 N–H and O–H groups in total. The molecule has 5 rings (SSSR count). The van der Waals surface area contributed by atoms with Gasteiger partial charge in [-0.05, 0) is 83.3 Å². The molecule has 2 atom stereocenters. The van der Waals surface area contributed by atoms with E-state index in [1.807, 2.05) is 6.92 Å². The molecule has 3 aromatic rings. The Labute approximate surface area is 193 Å². The summed E-state index contributed by atoms with van der Waals surface area (Å²) in [5.74, 6) is -0.682. The molecule has 1 spiro atoms. The Morgan fingerprint density at radius 3 is 2.69 bits per heavy atom. The van der Waals surface area contributed by atoms with Crippen LogP contribution in [-0.4, -0.2) is 11.8 Å². The van der Waals surface area contributed by atoms with E-state index in [0.717, 1.165) is 5.56 Å². The number of fused-ring (bicyclic) bond motifs is 2. The average molecular weight is 471 g/mol. The van der Waals surface area contributed by atoms with Crippen LogP contribution in [0.5, 0.6) is 0 Å². The van der Waals surface area contributed by atoms with E-state index in [1.165, 1.54) is 12.1 Å². The largest absolute Gasteiger partial charge is 0.445 e. The highest BCUT2D eigenvalue weighted by Crippen LogP contribution is 2.54. The minimum Gasteiger partial charge on any atom is -0.445 e. The first kappa shape index (κ1) is 20.8. The summed E-state index contributed by atoms with van der Waals surface area (Å²) in [5.41, 5.74) is 1.63. The third kappa shape index (κ3) is 3.14. The van der Waals surface area contributed by atoms with Crippen molar-refractivity contribution in [3.63, 3.8) is 0 Å². The van der Waals surface area contributed by atoms with E-state index in [-0.39, 0.29) is 23.5 Å². The molecule has 1 fully saturated rings. The van der Waals surface area contributed by atoms with Gasteiger partial charge in [0.25, 0.3) is 0 Å². The molecule has 8 heteroatoms. The van der Waals surface area contributed by atoms with Gasteiger partial charge in [-0.2, -0.15) is 0 Å². The molecule has 2 amide bonds. The minimum atomic E-state index is -1.33. The number of piperidine rings is 1. The van der Waals surface area contributed by atoms with E-state index in [9.17, 15) is 14.0 Å². The summed E-state index contributed by atoms with van der Waals surface area (Å²) in [4.78, 5) is 26.5. The molecule has 3 heterocycles. The lowest BCUT2D eigenvalue weighted by molar-refractivity contribution is -0.126. The van der Waals surface area contributed by atoms with E-state index < -0.39 is 17.3 Å². The van der Waals surface area contributed by atoms with Gasteiger partial charge in [0.05, 0.1) is 6.04 Å². The van der Waals surface area contributed by atoms with Crippen LogP contribution in [0.25, 0.3) is 6.08 Å². The number of halogens is 3. The summed E-state index contributed by atoms with van der Waals surface area (Å²) in [5, 5.41) is 6.49. The topological polar surface area (TPSA) is 71.3 Å². The van der Waals surface area contributed by atoms with Gasteiger partial charge in [-0.25, -0.2) is 4.39 Å². The number of hydrogen-bond donors (Lipinski definition) is 2. The third-order valence-electron chi connectivity index (χ3n) is 6.07. The lowest BCUT2D eigenvalue weighted by atomic mass is 9.63. The van der Waals surface area contributed by atoms with Gasteiger partial charge < -0.3 is 15.1 Å². The van der Waals surface area contributed by atoms with E-state index >= 15 is 0 Å². The smallest absolute Gasteiger partial charge is 0.241 e. The van der Waals surface area contributed by atoms with E-state index in [1.54, 1.807) is 42.5 Å². The highest BCUT2D eigenvalue weighted by molar-refractivity contribution is 6.31. The Kier molecular flexibility index (Phi) is 4.87. The standard InChI is InChI=1S/C24H17Cl2FN2O3/c1-12-2-4-15(27)11-17(12)22-24(18-6-3-14(25)10-19(18)28-23(24)31)13(9-21(30)29-22)8-16-5-7-20(26)32-16/h2-8,10-11,22H,9H2,1H3,(H,28,31)(H,29,30)/t22-,24-/m1/s1. The number of aryl methyl sites for hydroxylation is 1. The number of amides is 2. The number of nitrogens with one attached hydrogen (secondary N) is 2. The Morgan fingerprint density at radius 2 is 1.94 bits per heavy atom. The zero-order chi connectivity index (χ0) is 22.6. The van der Waals surface area contributed by atoms with Crippen LogP contribution in [0.3, 0.4) is 0 Å². The second-order valence-corrected chi connectivity index (χ2v) is 8.75. The number of benzene rings is 2. The number of hydrogen-bond acceptors (Lipinski definition) is 3. The number of carbonyl (C=O) groups is 2. The SMILES string of the molecule is Cc1ccc(F)cc1[C@H]1NC(=O)CC(=Cc2ccc(Cl)o2)[C@]12C(=O)Nc1cc(Cl)ccc12. The normalized spacial score (nSPS) is 23.4. The molecule has 2 aliphatic rings. The van der Waals surface area contributed by atoms with Crippen molar-refractivity contribution in [3.8, 4) is 0 Å². The quantitative estimate of drug-likeness (QED) is 0.514. The van der Waals surface area contributed by atoms with Gasteiger partial charge in [0.2, 0.25) is 11.8 Å². The van der Waals surface area contributed by atoms with Crippen molar-refractivity contribution < 1.29 is 18.4 Å². The Bertz CT molecular complexity index is 1320. The number of furan rings is 1. The fourth-order valence-electron chi connectivity index (χ4n) is 4.71. The first-order valence-corrected chi connectivity index (χ1v) is 10.7. The lowest BCUT2D eigenvalue weighted by Gasteiger charge is -2.43. The van der Waals surface area contributed by atoms with Crippen LogP contribution in [0.1, 0.15) is 34.9 Å². The Hall–Kier alpha value is -3.09. The van der Waals surface area contributed by atoms with Crippen LogP contribution in [0, 0.1) is 12.7 Å². The van der Waals surface area contributed by atoms with Crippen molar-refractivity contribution in [2.24, 2.45) is 0 Å². The molecule has 0 aliphatic carbocycles. The van der Waals surface area contributed by atoms with Gasteiger partial charge in [-0.3, -0.25) is 9.59 Å². The molecular formula is C24H17Cl2FN2O3. The molecule has 1 aromatic heterocycles. The van der Waals surface area contributed by atoms with Crippen molar-refractivity contribution in [2.45, 2.75) is 24.8 Å². The summed E-state index contributed by atoms with van der Waals surface area (Å²) in [6.07, 6.45) is 1.62. The fraction of sp³-hybridized carbons (Fsp3) is 0.167. The highest BCUT2D eigenvalue weighted by Gasteiger charge is 2.58. The Balaban J connectivity index is 1.82. The number of anilines is 1. The molecular weight excluding hydrogens is 454 g/mol. The maximum Gasteiger partial charge on any atom is 0.241 e. The molecule has 1 saturated heterocycles. The first-order valence-electron chi connectivity index (χ1n) is 9.92. The molecule has 2 aliphatic heterocycles. The monoisotopic (exact) mass is 470 g/mol. The summed E-state index contributed by atoms with van der Waals surface area (Å²) in [7, 11) is 0. The lowest BCUT2D eigenvalue weighted by Crippen LogP contribution is -2.54. The fourth-order valence-corrected chi connectivity index (χ4v) is 5.03. The van der Waals surface area contributed by atoms with Crippen molar-refractivity contribution in [3.05, 3.63) is 92.6 Å². The highest BCUT2D eigenvalue weighted by atomic mass is 35.5. The van der Waals surface area contributed by atoms with Gasteiger partial charge >= 0.3 is 0 Å².